The number of nitrogens with one attached hydrogen (secondary N) is 3. The number of amides is 2. The summed E-state index contributed by atoms with van der Waals surface area (Å²) in [7, 11) is 0. The number of benzene rings is 2. The van der Waals surface area contributed by atoms with Gasteiger partial charge >= 0.3 is 6.09 Å². The summed E-state index contributed by atoms with van der Waals surface area (Å²) in [5.41, 5.74) is 3.69. The molecule has 11 nitrogen and oxygen atoms in total. The summed E-state index contributed by atoms with van der Waals surface area (Å²) in [4.78, 5) is 29.2. The van der Waals surface area contributed by atoms with Crippen molar-refractivity contribution in [2.24, 2.45) is 5.16 Å². The van der Waals surface area contributed by atoms with E-state index in [0.29, 0.717) is 16.8 Å². The molecule has 3 rings (SSSR count). The van der Waals surface area contributed by atoms with E-state index in [1.807, 2.05) is 20.8 Å². The molecule has 1 heterocycles. The number of nitrogens with zero attached hydrogens (tertiary/aromatic N) is 3. The minimum absolute atomic E-state index is 0.0261. The minimum Gasteiger partial charge on any atom is -0.445 e. The van der Waals surface area contributed by atoms with Crippen LogP contribution in [0.1, 0.15) is 42.4 Å². The van der Waals surface area contributed by atoms with Crippen LogP contribution in [0, 0.1) is 5.82 Å². The molecule has 0 saturated heterocycles. The number of rotatable bonds is 8. The summed E-state index contributed by atoms with van der Waals surface area (Å²) >= 11 is 3.06. The maximum absolute atomic E-state index is 13.3. The molecule has 35 heavy (non-hydrogen) atoms. The Morgan fingerprint density at radius 2 is 1.91 bits per heavy atom. The highest BCUT2D eigenvalue weighted by atomic mass is 79.9. The Morgan fingerprint density at radius 3 is 2.60 bits per heavy atom. The van der Waals surface area contributed by atoms with Crippen molar-refractivity contribution in [3.8, 4) is 0 Å². The molecule has 0 bridgehead atoms. The molecule has 0 aliphatic rings. The molecule has 0 aliphatic heterocycles. The Hall–Kier alpha value is -4.00. The largest absolute Gasteiger partial charge is 0.445 e. The van der Waals surface area contributed by atoms with Gasteiger partial charge in [0.2, 0.25) is 5.82 Å². The third-order valence-electron chi connectivity index (χ3n) is 4.12. The number of halogens is 2. The zero-order valence-corrected chi connectivity index (χ0v) is 20.6. The molecular formula is C22H22BrFN6O5. The van der Waals surface area contributed by atoms with Gasteiger partial charge in [-0.05, 0) is 82.9 Å². The van der Waals surface area contributed by atoms with E-state index in [1.54, 1.807) is 24.3 Å². The van der Waals surface area contributed by atoms with E-state index in [-0.39, 0.29) is 22.6 Å². The summed E-state index contributed by atoms with van der Waals surface area (Å²) in [6.45, 7) is 5.60. The second kappa shape index (κ2) is 11.4. The molecule has 13 heteroatoms. The van der Waals surface area contributed by atoms with E-state index < -0.39 is 23.4 Å². The summed E-state index contributed by atoms with van der Waals surface area (Å²) in [6.07, 6.45) is 0.637. The lowest BCUT2D eigenvalue weighted by Gasteiger charge is -2.19. The van der Waals surface area contributed by atoms with Gasteiger partial charge in [0.1, 0.15) is 18.6 Å². The van der Waals surface area contributed by atoms with Gasteiger partial charge in [-0.25, -0.2) is 13.8 Å². The van der Waals surface area contributed by atoms with Crippen molar-refractivity contribution in [2.45, 2.75) is 32.9 Å². The number of carbonyl (C=O) groups excluding carboxylic acids is 2. The van der Waals surface area contributed by atoms with Crippen molar-refractivity contribution in [1.82, 2.24) is 15.6 Å². The second-order valence-electron chi connectivity index (χ2n) is 8.16. The van der Waals surface area contributed by atoms with Gasteiger partial charge in [-0.3, -0.25) is 9.73 Å². The van der Waals surface area contributed by atoms with Crippen LogP contribution in [-0.4, -0.2) is 34.1 Å². The Kier molecular flexibility index (Phi) is 8.36. The first kappa shape index (κ1) is 25.6. The average Bonchev–Trinajstić information content (AvgIpc) is 3.23. The van der Waals surface area contributed by atoms with Gasteiger partial charge in [-0.2, -0.15) is 5.48 Å². The van der Waals surface area contributed by atoms with Crippen LogP contribution in [0.3, 0.4) is 0 Å². The monoisotopic (exact) mass is 548 g/mol. The van der Waals surface area contributed by atoms with Crippen molar-refractivity contribution >= 4 is 45.7 Å². The van der Waals surface area contributed by atoms with Crippen LogP contribution in [0.5, 0.6) is 0 Å². The average molecular weight is 549 g/mol. The highest BCUT2D eigenvalue weighted by Crippen LogP contribution is 2.20. The van der Waals surface area contributed by atoms with Crippen molar-refractivity contribution in [3.05, 3.63) is 69.6 Å². The lowest BCUT2D eigenvalue weighted by atomic mass is 10.1. The van der Waals surface area contributed by atoms with Gasteiger partial charge in [-0.1, -0.05) is 17.3 Å². The fourth-order valence-electron chi connectivity index (χ4n) is 2.50. The molecule has 0 radical (unpaired) electrons. The molecule has 0 unspecified atom stereocenters. The number of aromatic nitrogens is 2. The van der Waals surface area contributed by atoms with Crippen molar-refractivity contribution in [3.63, 3.8) is 0 Å². The molecule has 3 N–H and O–H groups in total. The SMILES string of the molecule is CC(C)(C)NC(=O)OCc1ccc(C(=O)Nc2nonc2/C=N/ONc2ccc(F)c(Br)c2)cc1. The number of anilines is 2. The van der Waals surface area contributed by atoms with Gasteiger partial charge in [-0.15, -0.1) is 0 Å². The van der Waals surface area contributed by atoms with Gasteiger partial charge < -0.3 is 15.4 Å². The molecular weight excluding hydrogens is 527 g/mol. The third kappa shape index (κ3) is 8.07. The number of ether oxygens (including phenoxy) is 1. The summed E-state index contributed by atoms with van der Waals surface area (Å²) < 4.78 is 23.3. The molecule has 0 aliphatic carbocycles. The predicted molar refractivity (Wildman–Crippen MR) is 128 cm³/mol. The van der Waals surface area contributed by atoms with E-state index in [1.165, 1.54) is 24.4 Å². The third-order valence-corrected chi connectivity index (χ3v) is 4.73. The van der Waals surface area contributed by atoms with Gasteiger partial charge in [0.25, 0.3) is 5.91 Å². The number of hydrogen-bond donors (Lipinski definition) is 3. The molecule has 0 spiro atoms. The quantitative estimate of drug-likeness (QED) is 0.273. The van der Waals surface area contributed by atoms with Crippen molar-refractivity contribution in [1.29, 1.82) is 0 Å². The van der Waals surface area contributed by atoms with Gasteiger partial charge in [0.05, 0.1) is 10.2 Å². The fourth-order valence-corrected chi connectivity index (χ4v) is 2.88. The number of alkyl carbamates (subject to hydrolysis) is 1. The lowest BCUT2D eigenvalue weighted by molar-refractivity contribution is 0.102. The van der Waals surface area contributed by atoms with E-state index in [2.05, 4.69) is 52.1 Å². The number of oxime groups is 1. The standard InChI is InChI=1S/C22H22BrFN6O5/c1-22(2,3)27-21(32)33-12-13-4-6-14(7-5-13)20(31)26-19-18(29-35-30-19)11-25-34-28-15-8-9-17(24)16(23)10-15/h4-11,28H,12H2,1-3H3,(H,27,32)(H,26,30,31)/b25-11+. The number of hydrogen-bond acceptors (Lipinski definition) is 9. The maximum Gasteiger partial charge on any atom is 0.407 e. The Bertz CT molecular complexity index is 1210. The normalized spacial score (nSPS) is 11.2. The fraction of sp³-hybridized carbons (Fsp3) is 0.227. The Labute approximate surface area is 208 Å². The summed E-state index contributed by atoms with van der Waals surface area (Å²) in [5, 5.41) is 16.2. The smallest absolute Gasteiger partial charge is 0.407 e. The maximum atomic E-state index is 13.3. The number of carbonyl (C=O) groups is 2. The molecule has 0 saturated carbocycles. The van der Waals surface area contributed by atoms with E-state index in [4.69, 9.17) is 9.68 Å². The molecule has 2 aromatic carbocycles. The lowest BCUT2D eigenvalue weighted by Crippen LogP contribution is -2.40. The van der Waals surface area contributed by atoms with E-state index in [9.17, 15) is 14.0 Å². The zero-order chi connectivity index (χ0) is 25.4. The molecule has 1 aromatic heterocycles. The molecule has 0 atom stereocenters. The topological polar surface area (TPSA) is 140 Å². The highest BCUT2D eigenvalue weighted by Gasteiger charge is 2.16. The first-order valence-electron chi connectivity index (χ1n) is 10.2. The van der Waals surface area contributed by atoms with Crippen LogP contribution >= 0.6 is 15.9 Å². The zero-order valence-electron chi connectivity index (χ0n) is 19.0. The Balaban J connectivity index is 1.51. The Morgan fingerprint density at radius 1 is 1.17 bits per heavy atom. The van der Waals surface area contributed by atoms with Gasteiger partial charge in [0, 0.05) is 11.1 Å². The second-order valence-corrected chi connectivity index (χ2v) is 9.01. The first-order valence-corrected chi connectivity index (χ1v) is 11.0. The van der Waals surface area contributed by atoms with E-state index in [0.717, 1.165) is 0 Å². The van der Waals surface area contributed by atoms with E-state index >= 15 is 0 Å². The van der Waals surface area contributed by atoms with Crippen molar-refractivity contribution < 1.29 is 28.3 Å². The van der Waals surface area contributed by atoms with Crippen LogP contribution in [0.15, 0.2) is 56.7 Å². The summed E-state index contributed by atoms with van der Waals surface area (Å²) in [6, 6.07) is 10.6. The molecule has 3 aromatic rings. The first-order chi connectivity index (χ1) is 16.6. The summed E-state index contributed by atoms with van der Waals surface area (Å²) in [5.74, 6) is -0.860. The highest BCUT2D eigenvalue weighted by molar-refractivity contribution is 9.10. The predicted octanol–water partition coefficient (Wildman–Crippen LogP) is 4.63. The van der Waals surface area contributed by atoms with Gasteiger partial charge in [0.15, 0.2) is 5.69 Å². The molecule has 0 fully saturated rings. The molecule has 184 valence electrons. The van der Waals surface area contributed by atoms with Crippen LogP contribution in [0.4, 0.5) is 20.7 Å². The van der Waals surface area contributed by atoms with Crippen molar-refractivity contribution in [2.75, 3.05) is 10.8 Å². The van der Waals surface area contributed by atoms with Crippen LogP contribution in [0.2, 0.25) is 0 Å². The van der Waals surface area contributed by atoms with Crippen LogP contribution in [-0.2, 0) is 16.3 Å². The minimum atomic E-state index is -0.531. The molecule has 2 amide bonds. The van der Waals surface area contributed by atoms with Crippen LogP contribution < -0.4 is 16.1 Å². The van der Waals surface area contributed by atoms with Crippen LogP contribution in [0.25, 0.3) is 0 Å².